The fourth-order valence-corrected chi connectivity index (χ4v) is 3.06. The highest BCUT2D eigenvalue weighted by atomic mass is 19.1. The average Bonchev–Trinajstić information content (AvgIpc) is 2.97. The summed E-state index contributed by atoms with van der Waals surface area (Å²) in [7, 11) is 0. The first-order valence-corrected chi connectivity index (χ1v) is 6.82. The van der Waals surface area contributed by atoms with Crippen LogP contribution < -0.4 is 5.73 Å². The SMILES string of the molecule is CC1(C)CCCC1n1nnnc1-c1cc(F)ccc1N. The number of halogens is 1. The molecule has 0 radical (unpaired) electrons. The molecule has 1 aliphatic carbocycles. The third kappa shape index (κ3) is 2.05. The van der Waals surface area contributed by atoms with Gasteiger partial charge in [0, 0.05) is 11.3 Å². The number of nitrogens with zero attached hydrogens (tertiary/aromatic N) is 4. The van der Waals surface area contributed by atoms with Crippen LogP contribution in [0.2, 0.25) is 0 Å². The molecular weight excluding hydrogens is 257 g/mol. The van der Waals surface area contributed by atoms with E-state index in [1.165, 1.54) is 12.1 Å². The molecule has 1 unspecified atom stereocenters. The lowest BCUT2D eigenvalue weighted by Crippen LogP contribution is -2.23. The molecule has 3 rings (SSSR count). The van der Waals surface area contributed by atoms with E-state index in [0.29, 0.717) is 17.1 Å². The molecule has 1 heterocycles. The number of rotatable bonds is 2. The molecule has 1 fully saturated rings. The van der Waals surface area contributed by atoms with Crippen molar-refractivity contribution in [1.29, 1.82) is 0 Å². The maximum atomic E-state index is 13.5. The summed E-state index contributed by atoms with van der Waals surface area (Å²) in [6, 6.07) is 4.49. The summed E-state index contributed by atoms with van der Waals surface area (Å²) in [6.45, 7) is 4.43. The van der Waals surface area contributed by atoms with Gasteiger partial charge in [-0.2, -0.15) is 0 Å². The first-order chi connectivity index (χ1) is 9.49. The Morgan fingerprint density at radius 1 is 1.40 bits per heavy atom. The summed E-state index contributed by atoms with van der Waals surface area (Å²) >= 11 is 0. The largest absolute Gasteiger partial charge is 0.398 e. The lowest BCUT2D eigenvalue weighted by atomic mass is 9.87. The molecule has 0 saturated heterocycles. The molecule has 1 aliphatic rings. The van der Waals surface area contributed by atoms with Gasteiger partial charge in [0.15, 0.2) is 5.82 Å². The van der Waals surface area contributed by atoms with Crippen molar-refractivity contribution < 1.29 is 4.39 Å². The van der Waals surface area contributed by atoms with Gasteiger partial charge >= 0.3 is 0 Å². The second-order valence-electron chi connectivity index (χ2n) is 6.08. The number of nitrogens with two attached hydrogens (primary N) is 1. The van der Waals surface area contributed by atoms with Crippen molar-refractivity contribution in [2.75, 3.05) is 5.73 Å². The van der Waals surface area contributed by atoms with E-state index in [2.05, 4.69) is 29.4 Å². The summed E-state index contributed by atoms with van der Waals surface area (Å²) in [5, 5.41) is 11.9. The second-order valence-corrected chi connectivity index (χ2v) is 6.08. The summed E-state index contributed by atoms with van der Waals surface area (Å²) in [5.74, 6) is 0.205. The van der Waals surface area contributed by atoms with Crippen LogP contribution in [0.1, 0.15) is 39.2 Å². The van der Waals surface area contributed by atoms with E-state index >= 15 is 0 Å². The van der Waals surface area contributed by atoms with Crippen LogP contribution in [0.3, 0.4) is 0 Å². The zero-order valence-electron chi connectivity index (χ0n) is 11.7. The van der Waals surface area contributed by atoms with Crippen molar-refractivity contribution >= 4 is 5.69 Å². The Morgan fingerprint density at radius 2 is 2.20 bits per heavy atom. The minimum absolute atomic E-state index is 0.131. The highest BCUT2D eigenvalue weighted by Gasteiger charge is 2.38. The van der Waals surface area contributed by atoms with Gasteiger partial charge in [0.2, 0.25) is 0 Å². The summed E-state index contributed by atoms with van der Waals surface area (Å²) in [4.78, 5) is 0. The van der Waals surface area contributed by atoms with Gasteiger partial charge in [-0.3, -0.25) is 0 Å². The van der Waals surface area contributed by atoms with Crippen LogP contribution in [0.5, 0.6) is 0 Å². The average molecular weight is 275 g/mol. The van der Waals surface area contributed by atoms with E-state index in [-0.39, 0.29) is 17.3 Å². The molecule has 1 atom stereocenters. The molecule has 20 heavy (non-hydrogen) atoms. The lowest BCUT2D eigenvalue weighted by molar-refractivity contribution is 0.242. The number of tetrazole rings is 1. The van der Waals surface area contributed by atoms with Crippen LogP contribution >= 0.6 is 0 Å². The fourth-order valence-electron chi connectivity index (χ4n) is 3.06. The topological polar surface area (TPSA) is 69.6 Å². The normalized spacial score (nSPS) is 21.2. The third-order valence-electron chi connectivity index (χ3n) is 4.25. The van der Waals surface area contributed by atoms with Crippen LogP contribution in [0.25, 0.3) is 11.4 Å². The van der Waals surface area contributed by atoms with Gasteiger partial charge in [0.25, 0.3) is 0 Å². The molecule has 0 bridgehead atoms. The Labute approximate surface area is 117 Å². The van der Waals surface area contributed by atoms with Gasteiger partial charge in [0.05, 0.1) is 6.04 Å². The predicted molar refractivity (Wildman–Crippen MR) is 74.3 cm³/mol. The second kappa shape index (κ2) is 4.54. The zero-order chi connectivity index (χ0) is 14.3. The molecule has 2 aromatic rings. The molecule has 6 heteroatoms. The van der Waals surface area contributed by atoms with E-state index in [0.717, 1.165) is 19.3 Å². The molecule has 0 spiro atoms. The quantitative estimate of drug-likeness (QED) is 0.856. The number of aromatic nitrogens is 4. The zero-order valence-corrected chi connectivity index (χ0v) is 11.7. The summed E-state index contributed by atoms with van der Waals surface area (Å²) < 4.78 is 15.3. The predicted octanol–water partition coefficient (Wildman–Crippen LogP) is 2.81. The van der Waals surface area contributed by atoms with Gasteiger partial charge in [-0.05, 0) is 46.9 Å². The van der Waals surface area contributed by atoms with Crippen LogP contribution in [0.15, 0.2) is 18.2 Å². The molecule has 1 saturated carbocycles. The van der Waals surface area contributed by atoms with Crippen molar-refractivity contribution in [1.82, 2.24) is 20.2 Å². The Bertz CT molecular complexity index is 634. The molecule has 2 N–H and O–H groups in total. The van der Waals surface area contributed by atoms with E-state index in [1.807, 2.05) is 0 Å². The van der Waals surface area contributed by atoms with Crippen molar-refractivity contribution in [2.24, 2.45) is 5.41 Å². The molecular formula is C14H18FN5. The van der Waals surface area contributed by atoms with E-state index in [9.17, 15) is 4.39 Å². The van der Waals surface area contributed by atoms with E-state index in [1.54, 1.807) is 10.7 Å². The van der Waals surface area contributed by atoms with Crippen LogP contribution in [-0.4, -0.2) is 20.2 Å². The van der Waals surface area contributed by atoms with Crippen LogP contribution in [0, 0.1) is 11.2 Å². The third-order valence-corrected chi connectivity index (χ3v) is 4.25. The van der Waals surface area contributed by atoms with Gasteiger partial charge < -0.3 is 5.73 Å². The van der Waals surface area contributed by atoms with Crippen molar-refractivity contribution in [3.05, 3.63) is 24.0 Å². The van der Waals surface area contributed by atoms with E-state index < -0.39 is 0 Å². The van der Waals surface area contributed by atoms with Crippen molar-refractivity contribution in [2.45, 2.75) is 39.2 Å². The highest BCUT2D eigenvalue weighted by Crippen LogP contribution is 2.46. The molecule has 106 valence electrons. The molecule has 0 aliphatic heterocycles. The maximum absolute atomic E-state index is 13.5. The Kier molecular flexibility index (Phi) is 2.96. The molecule has 5 nitrogen and oxygen atoms in total. The Balaban J connectivity index is 2.09. The highest BCUT2D eigenvalue weighted by molar-refractivity contribution is 5.71. The smallest absolute Gasteiger partial charge is 0.184 e. The molecule has 1 aromatic carbocycles. The van der Waals surface area contributed by atoms with Crippen LogP contribution in [-0.2, 0) is 0 Å². The fraction of sp³-hybridized carbons (Fsp3) is 0.500. The van der Waals surface area contributed by atoms with Gasteiger partial charge in [0.1, 0.15) is 5.82 Å². The minimum Gasteiger partial charge on any atom is -0.398 e. The number of anilines is 1. The first kappa shape index (κ1) is 13.0. The van der Waals surface area contributed by atoms with Crippen molar-refractivity contribution in [3.63, 3.8) is 0 Å². The number of hydrogen-bond donors (Lipinski definition) is 1. The molecule has 0 amide bonds. The van der Waals surface area contributed by atoms with Gasteiger partial charge in [-0.25, -0.2) is 9.07 Å². The van der Waals surface area contributed by atoms with E-state index in [4.69, 9.17) is 5.73 Å². The van der Waals surface area contributed by atoms with Crippen molar-refractivity contribution in [3.8, 4) is 11.4 Å². The Hall–Kier alpha value is -1.98. The van der Waals surface area contributed by atoms with Gasteiger partial charge in [-0.1, -0.05) is 20.3 Å². The number of benzene rings is 1. The summed E-state index contributed by atoms with van der Waals surface area (Å²) in [6.07, 6.45) is 3.31. The number of hydrogen-bond acceptors (Lipinski definition) is 4. The standard InChI is InChI=1S/C14H18FN5/c1-14(2)7-3-4-12(14)20-13(17-18-19-20)10-8-9(15)5-6-11(10)16/h5-6,8,12H,3-4,7,16H2,1-2H3. The lowest BCUT2D eigenvalue weighted by Gasteiger charge is -2.27. The Morgan fingerprint density at radius 3 is 2.90 bits per heavy atom. The van der Waals surface area contributed by atoms with Crippen LogP contribution in [0.4, 0.5) is 10.1 Å². The monoisotopic (exact) mass is 275 g/mol. The molecule has 1 aromatic heterocycles. The maximum Gasteiger partial charge on any atom is 0.184 e. The minimum atomic E-state index is -0.338. The van der Waals surface area contributed by atoms with Gasteiger partial charge in [-0.15, -0.1) is 5.10 Å². The first-order valence-electron chi connectivity index (χ1n) is 6.82. The number of nitrogen functional groups attached to an aromatic ring is 1. The summed E-state index contributed by atoms with van der Waals surface area (Å²) in [5.41, 5.74) is 7.11.